The normalized spacial score (nSPS) is 16.6. The third-order valence-electron chi connectivity index (χ3n) is 2.91. The molecule has 3 nitrogen and oxygen atoms in total. The molecule has 0 radical (unpaired) electrons. The molecule has 0 unspecified atom stereocenters. The highest BCUT2D eigenvalue weighted by atomic mass is 16.5. The van der Waals surface area contributed by atoms with Crippen molar-refractivity contribution in [3.63, 3.8) is 0 Å². The summed E-state index contributed by atoms with van der Waals surface area (Å²) in [5, 5.41) is 9.43. The molecule has 90 valence electrons. The van der Waals surface area contributed by atoms with E-state index in [2.05, 4.69) is 0 Å². The molecule has 0 saturated carbocycles. The molecule has 0 amide bonds. The number of phenols is 1. The molecule has 1 aliphatic rings. The lowest BCUT2D eigenvalue weighted by Crippen LogP contribution is -2.05. The van der Waals surface area contributed by atoms with E-state index in [1.807, 2.05) is 6.07 Å². The Morgan fingerprint density at radius 2 is 2.29 bits per heavy atom. The number of ether oxygens (including phenoxy) is 1. The average molecular weight is 232 g/mol. The Balaban J connectivity index is 2.31. The lowest BCUT2D eigenvalue weighted by Gasteiger charge is -2.18. The average Bonchev–Trinajstić information content (AvgIpc) is 2.29. The van der Waals surface area contributed by atoms with Gasteiger partial charge in [-0.3, -0.25) is 0 Å². The number of allylic oxidation sites excluding steroid dienone is 1. The summed E-state index contributed by atoms with van der Waals surface area (Å²) >= 11 is 0. The van der Waals surface area contributed by atoms with Crippen molar-refractivity contribution >= 4 is 11.5 Å². The highest BCUT2D eigenvalue weighted by molar-refractivity contribution is 5.92. The maximum absolute atomic E-state index is 11.4. The van der Waals surface area contributed by atoms with Gasteiger partial charge in [-0.15, -0.1) is 0 Å². The summed E-state index contributed by atoms with van der Waals surface area (Å²) in [7, 11) is 0. The second-order valence-corrected chi connectivity index (χ2v) is 4.12. The summed E-state index contributed by atoms with van der Waals surface area (Å²) in [4.78, 5) is 11.4. The van der Waals surface area contributed by atoms with E-state index in [0.29, 0.717) is 6.61 Å². The molecule has 1 aliphatic carbocycles. The molecule has 0 heterocycles. The fraction of sp³-hybridized carbons (Fsp3) is 0.357. The van der Waals surface area contributed by atoms with Crippen molar-refractivity contribution in [3.8, 4) is 5.75 Å². The lowest BCUT2D eigenvalue weighted by molar-refractivity contribution is -0.137. The molecule has 0 atom stereocenters. The molecule has 0 spiro atoms. The first-order valence-corrected chi connectivity index (χ1v) is 5.90. The monoisotopic (exact) mass is 232 g/mol. The van der Waals surface area contributed by atoms with Crippen molar-refractivity contribution in [1.29, 1.82) is 0 Å². The van der Waals surface area contributed by atoms with E-state index in [4.69, 9.17) is 4.74 Å². The Bertz CT molecular complexity index is 461. The highest BCUT2D eigenvalue weighted by Gasteiger charge is 2.15. The number of aryl methyl sites for hydroxylation is 1. The summed E-state index contributed by atoms with van der Waals surface area (Å²) < 4.78 is 4.92. The molecule has 0 bridgehead atoms. The van der Waals surface area contributed by atoms with Crippen molar-refractivity contribution in [1.82, 2.24) is 0 Å². The number of phenolic OH excluding ortho intramolecular Hbond substituents is 1. The fourth-order valence-corrected chi connectivity index (χ4v) is 2.18. The van der Waals surface area contributed by atoms with Crippen LogP contribution in [0.1, 0.15) is 30.9 Å². The minimum atomic E-state index is -0.288. The molecule has 17 heavy (non-hydrogen) atoms. The van der Waals surface area contributed by atoms with Crippen molar-refractivity contribution in [2.45, 2.75) is 26.2 Å². The van der Waals surface area contributed by atoms with Crippen LogP contribution in [0.25, 0.3) is 5.57 Å². The summed E-state index contributed by atoms with van der Waals surface area (Å²) in [5.74, 6) is -0.00967. The number of aromatic hydroxyl groups is 1. The number of carbonyl (C=O) groups excluding carboxylic acids is 1. The van der Waals surface area contributed by atoms with Gasteiger partial charge in [0.2, 0.25) is 0 Å². The molecule has 0 fully saturated rings. The van der Waals surface area contributed by atoms with Crippen molar-refractivity contribution in [3.05, 3.63) is 35.4 Å². The van der Waals surface area contributed by atoms with Crippen LogP contribution in [-0.4, -0.2) is 17.7 Å². The van der Waals surface area contributed by atoms with Crippen LogP contribution in [0.5, 0.6) is 5.75 Å². The van der Waals surface area contributed by atoms with E-state index in [1.165, 1.54) is 0 Å². The Labute approximate surface area is 101 Å². The van der Waals surface area contributed by atoms with Crippen molar-refractivity contribution in [2.24, 2.45) is 0 Å². The number of benzene rings is 1. The van der Waals surface area contributed by atoms with Gasteiger partial charge in [0.15, 0.2) is 0 Å². The van der Waals surface area contributed by atoms with Gasteiger partial charge in [-0.2, -0.15) is 0 Å². The van der Waals surface area contributed by atoms with E-state index in [1.54, 1.807) is 25.1 Å². The number of hydrogen-bond acceptors (Lipinski definition) is 3. The maximum Gasteiger partial charge on any atom is 0.331 e. The van der Waals surface area contributed by atoms with Crippen LogP contribution >= 0.6 is 0 Å². The van der Waals surface area contributed by atoms with Gasteiger partial charge in [-0.05, 0) is 55.0 Å². The summed E-state index contributed by atoms with van der Waals surface area (Å²) in [6.45, 7) is 2.19. The molecule has 0 aromatic heterocycles. The van der Waals surface area contributed by atoms with Gasteiger partial charge < -0.3 is 9.84 Å². The number of rotatable bonds is 2. The van der Waals surface area contributed by atoms with E-state index in [9.17, 15) is 9.90 Å². The van der Waals surface area contributed by atoms with Gasteiger partial charge in [0.05, 0.1) is 6.61 Å². The fourth-order valence-electron chi connectivity index (χ4n) is 2.18. The van der Waals surface area contributed by atoms with E-state index < -0.39 is 0 Å². The van der Waals surface area contributed by atoms with Gasteiger partial charge >= 0.3 is 5.97 Å². The predicted molar refractivity (Wildman–Crippen MR) is 65.7 cm³/mol. The first-order chi connectivity index (χ1) is 8.20. The van der Waals surface area contributed by atoms with Gasteiger partial charge in [-0.1, -0.05) is 6.07 Å². The SMILES string of the molecule is CCOC(=O)C=C1CCCc2cc(O)ccc21. The zero-order chi connectivity index (χ0) is 12.3. The molecule has 1 aromatic rings. The molecule has 1 aromatic carbocycles. The van der Waals surface area contributed by atoms with Gasteiger partial charge in [0, 0.05) is 6.08 Å². The molecule has 1 N–H and O–H groups in total. The molecular weight excluding hydrogens is 216 g/mol. The maximum atomic E-state index is 11.4. The van der Waals surface area contributed by atoms with E-state index >= 15 is 0 Å². The van der Waals surface area contributed by atoms with E-state index in [0.717, 1.165) is 36.0 Å². The second-order valence-electron chi connectivity index (χ2n) is 4.12. The molecular formula is C14H16O3. The Morgan fingerprint density at radius 3 is 3.06 bits per heavy atom. The van der Waals surface area contributed by atoms with Crippen LogP contribution in [0.15, 0.2) is 24.3 Å². The zero-order valence-corrected chi connectivity index (χ0v) is 9.90. The third-order valence-corrected chi connectivity index (χ3v) is 2.91. The van der Waals surface area contributed by atoms with Gasteiger partial charge in [-0.25, -0.2) is 4.79 Å². The Morgan fingerprint density at radius 1 is 1.47 bits per heavy atom. The Kier molecular flexibility index (Phi) is 3.47. The third kappa shape index (κ3) is 2.67. The van der Waals surface area contributed by atoms with Crippen LogP contribution in [0.3, 0.4) is 0 Å². The van der Waals surface area contributed by atoms with Crippen molar-refractivity contribution < 1.29 is 14.6 Å². The molecule has 3 heteroatoms. The quantitative estimate of drug-likeness (QED) is 0.630. The summed E-state index contributed by atoms with van der Waals surface area (Å²) in [6, 6.07) is 5.30. The van der Waals surface area contributed by atoms with Crippen LogP contribution < -0.4 is 0 Å². The number of esters is 1. The first-order valence-electron chi connectivity index (χ1n) is 5.90. The van der Waals surface area contributed by atoms with E-state index in [-0.39, 0.29) is 11.7 Å². The standard InChI is InChI=1S/C14H16O3/c1-2-17-14(16)9-11-5-3-4-10-8-12(15)6-7-13(10)11/h6-9,15H,2-5H2,1H3. The lowest BCUT2D eigenvalue weighted by atomic mass is 9.87. The zero-order valence-electron chi connectivity index (χ0n) is 9.90. The van der Waals surface area contributed by atoms with Crippen LogP contribution in [0.2, 0.25) is 0 Å². The highest BCUT2D eigenvalue weighted by Crippen LogP contribution is 2.32. The summed E-state index contributed by atoms with van der Waals surface area (Å²) in [5.41, 5.74) is 3.17. The smallest absolute Gasteiger partial charge is 0.331 e. The molecule has 0 saturated heterocycles. The minimum absolute atomic E-state index is 0.279. The van der Waals surface area contributed by atoms with Crippen LogP contribution in [0, 0.1) is 0 Å². The van der Waals surface area contributed by atoms with Gasteiger partial charge in [0.1, 0.15) is 5.75 Å². The number of fused-ring (bicyclic) bond motifs is 1. The molecule has 2 rings (SSSR count). The predicted octanol–water partition coefficient (Wildman–Crippen LogP) is 2.68. The second kappa shape index (κ2) is 5.04. The molecule has 0 aliphatic heterocycles. The first kappa shape index (κ1) is 11.7. The van der Waals surface area contributed by atoms with Crippen molar-refractivity contribution in [2.75, 3.05) is 6.61 Å². The number of carbonyl (C=O) groups is 1. The minimum Gasteiger partial charge on any atom is -0.508 e. The number of hydrogen-bond donors (Lipinski definition) is 1. The van der Waals surface area contributed by atoms with Crippen LogP contribution in [-0.2, 0) is 16.0 Å². The summed E-state index contributed by atoms with van der Waals surface area (Å²) in [6.07, 6.45) is 4.40. The topological polar surface area (TPSA) is 46.5 Å². The largest absolute Gasteiger partial charge is 0.508 e. The Hall–Kier alpha value is -1.77. The van der Waals surface area contributed by atoms with Crippen LogP contribution in [0.4, 0.5) is 0 Å². The van der Waals surface area contributed by atoms with Gasteiger partial charge in [0.25, 0.3) is 0 Å².